The van der Waals surface area contributed by atoms with Crippen LogP contribution in [0.15, 0.2) is 29.8 Å². The fraction of sp³-hybridized carbons (Fsp3) is 0.375. The summed E-state index contributed by atoms with van der Waals surface area (Å²) in [6.45, 7) is 2.86. The molecule has 0 unspecified atom stereocenters. The quantitative estimate of drug-likeness (QED) is 0.944. The summed E-state index contributed by atoms with van der Waals surface area (Å²) in [5, 5.41) is 5.09. The molecule has 0 aliphatic carbocycles. The highest BCUT2D eigenvalue weighted by atomic mass is 32.1. The molecule has 4 nitrogen and oxygen atoms in total. The predicted molar refractivity (Wildman–Crippen MR) is 85.9 cm³/mol. The normalized spacial score (nSPS) is 18.0. The molecule has 0 spiro atoms. The molecule has 0 bridgehead atoms. The summed E-state index contributed by atoms with van der Waals surface area (Å²) >= 11 is 1.53. The number of aryl methyl sites for hydroxylation is 1. The van der Waals surface area contributed by atoms with Crippen LogP contribution in [0.1, 0.15) is 39.7 Å². The Bertz CT molecular complexity index is 652. The minimum atomic E-state index is 0.151. The standard InChI is InChI=1S/C16H19N3OS/c1-11-8-14(21-10-11)16(20)19-7-3-4-13(19)12-5-6-18-15(9-12)17-2/h5-6,8-10,13H,3-4,7H2,1-2H3,(H,17,18)/t13-/m0/s1. The zero-order chi connectivity index (χ0) is 14.8. The van der Waals surface area contributed by atoms with Gasteiger partial charge in [-0.3, -0.25) is 4.79 Å². The number of aromatic nitrogens is 1. The molecule has 1 aliphatic rings. The van der Waals surface area contributed by atoms with E-state index in [1.807, 2.05) is 42.5 Å². The number of anilines is 1. The van der Waals surface area contributed by atoms with Gasteiger partial charge in [-0.2, -0.15) is 0 Å². The Morgan fingerprint density at radius 2 is 2.33 bits per heavy atom. The van der Waals surface area contributed by atoms with Gasteiger partial charge in [0, 0.05) is 19.8 Å². The molecule has 0 saturated carbocycles. The van der Waals surface area contributed by atoms with Gasteiger partial charge in [0.2, 0.25) is 0 Å². The van der Waals surface area contributed by atoms with E-state index < -0.39 is 0 Å². The SMILES string of the molecule is CNc1cc([C@@H]2CCCN2C(=O)c2cc(C)cs2)ccn1. The number of thiophene rings is 1. The minimum absolute atomic E-state index is 0.151. The van der Waals surface area contributed by atoms with Crippen LogP contribution in [0.3, 0.4) is 0 Å². The average molecular weight is 301 g/mol. The highest BCUT2D eigenvalue weighted by Crippen LogP contribution is 2.34. The number of pyridine rings is 1. The molecular weight excluding hydrogens is 282 g/mol. The zero-order valence-corrected chi connectivity index (χ0v) is 13.1. The van der Waals surface area contributed by atoms with Gasteiger partial charge in [-0.15, -0.1) is 11.3 Å². The Labute approximate surface area is 128 Å². The van der Waals surface area contributed by atoms with Crippen molar-refractivity contribution >= 4 is 23.1 Å². The molecule has 1 aliphatic heterocycles. The third-order valence-corrected chi connectivity index (χ3v) is 4.92. The molecule has 21 heavy (non-hydrogen) atoms. The van der Waals surface area contributed by atoms with Gasteiger partial charge in [0.05, 0.1) is 10.9 Å². The van der Waals surface area contributed by atoms with Gasteiger partial charge in [0.25, 0.3) is 5.91 Å². The Morgan fingerprint density at radius 3 is 3.05 bits per heavy atom. The Balaban J connectivity index is 1.86. The van der Waals surface area contributed by atoms with Crippen molar-refractivity contribution < 1.29 is 4.79 Å². The van der Waals surface area contributed by atoms with Crippen molar-refractivity contribution in [3.05, 3.63) is 45.8 Å². The van der Waals surface area contributed by atoms with Crippen LogP contribution < -0.4 is 5.32 Å². The first-order chi connectivity index (χ1) is 10.2. The summed E-state index contributed by atoms with van der Waals surface area (Å²) in [5.74, 6) is 0.997. The van der Waals surface area contributed by atoms with E-state index in [-0.39, 0.29) is 11.9 Å². The smallest absolute Gasteiger partial charge is 0.264 e. The van der Waals surface area contributed by atoms with E-state index in [1.165, 1.54) is 11.3 Å². The molecular formula is C16H19N3OS. The van der Waals surface area contributed by atoms with Crippen molar-refractivity contribution in [2.24, 2.45) is 0 Å². The van der Waals surface area contributed by atoms with E-state index in [2.05, 4.69) is 10.3 Å². The monoisotopic (exact) mass is 301 g/mol. The van der Waals surface area contributed by atoms with Crippen molar-refractivity contribution in [3.8, 4) is 0 Å². The second kappa shape index (κ2) is 5.85. The lowest BCUT2D eigenvalue weighted by Gasteiger charge is -2.24. The molecule has 2 aromatic rings. The van der Waals surface area contributed by atoms with Crippen molar-refractivity contribution in [1.29, 1.82) is 0 Å². The van der Waals surface area contributed by atoms with E-state index in [1.54, 1.807) is 6.20 Å². The molecule has 1 saturated heterocycles. The fourth-order valence-electron chi connectivity index (χ4n) is 2.83. The number of carbonyl (C=O) groups is 1. The van der Waals surface area contributed by atoms with Crippen LogP contribution in [-0.2, 0) is 0 Å². The summed E-state index contributed by atoms with van der Waals surface area (Å²) < 4.78 is 0. The van der Waals surface area contributed by atoms with Crippen molar-refractivity contribution in [2.75, 3.05) is 18.9 Å². The summed E-state index contributed by atoms with van der Waals surface area (Å²) in [6.07, 6.45) is 3.87. The number of carbonyl (C=O) groups excluding carboxylic acids is 1. The first kappa shape index (κ1) is 14.1. The molecule has 3 heterocycles. The lowest BCUT2D eigenvalue weighted by Crippen LogP contribution is -2.30. The van der Waals surface area contributed by atoms with E-state index in [4.69, 9.17) is 0 Å². The van der Waals surface area contributed by atoms with Gasteiger partial charge in [-0.25, -0.2) is 4.98 Å². The van der Waals surface area contributed by atoms with Gasteiger partial charge in [0.15, 0.2) is 0 Å². The van der Waals surface area contributed by atoms with E-state index in [0.717, 1.165) is 41.2 Å². The number of amides is 1. The van der Waals surface area contributed by atoms with Crippen LogP contribution in [0.25, 0.3) is 0 Å². The molecule has 2 aromatic heterocycles. The predicted octanol–water partition coefficient (Wildman–Crippen LogP) is 3.47. The number of rotatable bonds is 3. The Hall–Kier alpha value is -1.88. The molecule has 1 fully saturated rings. The highest BCUT2D eigenvalue weighted by molar-refractivity contribution is 7.12. The van der Waals surface area contributed by atoms with Crippen molar-refractivity contribution in [3.63, 3.8) is 0 Å². The molecule has 0 radical (unpaired) electrons. The minimum Gasteiger partial charge on any atom is -0.373 e. The molecule has 0 aromatic carbocycles. The van der Waals surface area contributed by atoms with Crippen LogP contribution in [0.5, 0.6) is 0 Å². The molecule has 1 atom stereocenters. The van der Waals surface area contributed by atoms with E-state index in [9.17, 15) is 4.79 Å². The number of likely N-dealkylation sites (tertiary alicyclic amines) is 1. The fourth-order valence-corrected chi connectivity index (χ4v) is 3.69. The van der Waals surface area contributed by atoms with Gasteiger partial charge >= 0.3 is 0 Å². The first-order valence-electron chi connectivity index (χ1n) is 7.19. The van der Waals surface area contributed by atoms with Crippen molar-refractivity contribution in [2.45, 2.75) is 25.8 Å². The van der Waals surface area contributed by atoms with Crippen molar-refractivity contribution in [1.82, 2.24) is 9.88 Å². The number of nitrogens with zero attached hydrogens (tertiary/aromatic N) is 2. The summed E-state index contributed by atoms with van der Waals surface area (Å²) in [5.41, 5.74) is 2.31. The average Bonchev–Trinajstić information content (AvgIpc) is 3.15. The van der Waals surface area contributed by atoms with Crippen LogP contribution >= 0.6 is 11.3 Å². The maximum Gasteiger partial charge on any atom is 0.264 e. The second-order valence-electron chi connectivity index (χ2n) is 5.37. The van der Waals surface area contributed by atoms with E-state index in [0.29, 0.717) is 0 Å². The highest BCUT2D eigenvalue weighted by Gasteiger charge is 2.31. The lowest BCUT2D eigenvalue weighted by molar-refractivity contribution is 0.0740. The maximum absolute atomic E-state index is 12.7. The van der Waals surface area contributed by atoms with Crippen LogP contribution in [0.2, 0.25) is 0 Å². The van der Waals surface area contributed by atoms with Gasteiger partial charge in [0.1, 0.15) is 5.82 Å². The van der Waals surface area contributed by atoms with Gasteiger partial charge < -0.3 is 10.2 Å². The van der Waals surface area contributed by atoms with Crippen LogP contribution in [0, 0.1) is 6.92 Å². The summed E-state index contributed by atoms with van der Waals surface area (Å²) in [6, 6.07) is 6.19. The number of hydrogen-bond donors (Lipinski definition) is 1. The molecule has 1 N–H and O–H groups in total. The van der Waals surface area contributed by atoms with E-state index >= 15 is 0 Å². The Kier molecular flexibility index (Phi) is 3.92. The third-order valence-electron chi connectivity index (χ3n) is 3.88. The van der Waals surface area contributed by atoms with Gasteiger partial charge in [-0.05, 0) is 54.5 Å². The topological polar surface area (TPSA) is 45.2 Å². The van der Waals surface area contributed by atoms with Crippen LogP contribution in [0.4, 0.5) is 5.82 Å². The molecule has 3 rings (SSSR count). The lowest BCUT2D eigenvalue weighted by atomic mass is 10.1. The third kappa shape index (κ3) is 2.78. The molecule has 110 valence electrons. The zero-order valence-electron chi connectivity index (χ0n) is 12.3. The molecule has 5 heteroatoms. The van der Waals surface area contributed by atoms with Crippen LogP contribution in [-0.4, -0.2) is 29.4 Å². The Morgan fingerprint density at radius 1 is 1.48 bits per heavy atom. The summed E-state index contributed by atoms with van der Waals surface area (Å²) in [4.78, 5) is 19.8. The maximum atomic E-state index is 12.7. The summed E-state index contributed by atoms with van der Waals surface area (Å²) in [7, 11) is 1.86. The largest absolute Gasteiger partial charge is 0.373 e. The second-order valence-corrected chi connectivity index (χ2v) is 6.28. The number of nitrogens with one attached hydrogen (secondary N) is 1. The molecule has 1 amide bonds. The van der Waals surface area contributed by atoms with Gasteiger partial charge in [-0.1, -0.05) is 0 Å². The number of hydrogen-bond acceptors (Lipinski definition) is 4. The first-order valence-corrected chi connectivity index (χ1v) is 8.07.